The standard InChI is InChI=1S/C14H18N2O.ClH/c1-16(2)8-9-4-3-5-11-10-6-12(14(9)11)13(7-10)15-17;/h3-5,10,12,17H,6-8H2,1-2H3;1H. The van der Waals surface area contributed by atoms with Crippen LogP contribution < -0.4 is 0 Å². The van der Waals surface area contributed by atoms with E-state index in [0.717, 1.165) is 25.1 Å². The Morgan fingerprint density at radius 1 is 1.39 bits per heavy atom. The molecular formula is C14H19ClN2O. The number of nitrogens with zero attached hydrogens (tertiary/aromatic N) is 2. The quantitative estimate of drug-likeness (QED) is 0.660. The highest BCUT2D eigenvalue weighted by Gasteiger charge is 2.42. The van der Waals surface area contributed by atoms with Gasteiger partial charge in [0.15, 0.2) is 0 Å². The number of hydrogen-bond donors (Lipinski definition) is 1. The zero-order valence-corrected chi connectivity index (χ0v) is 11.6. The van der Waals surface area contributed by atoms with Crippen molar-refractivity contribution in [2.45, 2.75) is 31.2 Å². The molecule has 0 aromatic heterocycles. The molecule has 2 unspecified atom stereocenters. The van der Waals surface area contributed by atoms with Gasteiger partial charge in [-0.1, -0.05) is 23.4 Å². The smallest absolute Gasteiger partial charge is 0.0651 e. The van der Waals surface area contributed by atoms with E-state index in [1.807, 2.05) is 0 Å². The number of oxime groups is 1. The fourth-order valence-corrected chi connectivity index (χ4v) is 3.42. The van der Waals surface area contributed by atoms with Gasteiger partial charge in [0, 0.05) is 12.5 Å². The maximum atomic E-state index is 9.06. The Morgan fingerprint density at radius 3 is 2.83 bits per heavy atom. The van der Waals surface area contributed by atoms with Gasteiger partial charge in [-0.3, -0.25) is 0 Å². The molecule has 2 bridgehead atoms. The van der Waals surface area contributed by atoms with Crippen molar-refractivity contribution in [3.63, 3.8) is 0 Å². The first-order valence-electron chi connectivity index (χ1n) is 6.18. The average molecular weight is 267 g/mol. The predicted octanol–water partition coefficient (Wildman–Crippen LogP) is 2.97. The van der Waals surface area contributed by atoms with Crippen molar-refractivity contribution in [3.8, 4) is 0 Å². The fraction of sp³-hybridized carbons (Fsp3) is 0.500. The van der Waals surface area contributed by atoms with Crippen LogP contribution in [0.25, 0.3) is 0 Å². The van der Waals surface area contributed by atoms with Crippen LogP contribution >= 0.6 is 12.4 Å². The summed E-state index contributed by atoms with van der Waals surface area (Å²) >= 11 is 0. The molecule has 1 saturated carbocycles. The third-order valence-electron chi connectivity index (χ3n) is 4.01. The Kier molecular flexibility index (Phi) is 3.64. The lowest BCUT2D eigenvalue weighted by molar-refractivity contribution is 0.316. The van der Waals surface area contributed by atoms with E-state index in [2.05, 4.69) is 42.4 Å². The number of benzene rings is 1. The van der Waals surface area contributed by atoms with Gasteiger partial charge in [0.25, 0.3) is 0 Å². The number of hydrogen-bond acceptors (Lipinski definition) is 3. The summed E-state index contributed by atoms with van der Waals surface area (Å²) < 4.78 is 0. The van der Waals surface area contributed by atoms with E-state index < -0.39 is 0 Å². The van der Waals surface area contributed by atoms with Crippen LogP contribution in [0.5, 0.6) is 0 Å². The van der Waals surface area contributed by atoms with Crippen LogP contribution in [0.15, 0.2) is 23.4 Å². The van der Waals surface area contributed by atoms with E-state index in [4.69, 9.17) is 5.21 Å². The minimum absolute atomic E-state index is 0. The highest BCUT2D eigenvalue weighted by molar-refractivity contribution is 5.96. The molecule has 0 heterocycles. The molecule has 0 amide bonds. The lowest BCUT2D eigenvalue weighted by atomic mass is 9.87. The molecule has 0 radical (unpaired) electrons. The lowest BCUT2D eigenvalue weighted by Gasteiger charge is -2.21. The van der Waals surface area contributed by atoms with Gasteiger partial charge >= 0.3 is 0 Å². The van der Waals surface area contributed by atoms with Gasteiger partial charge in [0.05, 0.1) is 5.71 Å². The van der Waals surface area contributed by atoms with Gasteiger partial charge in [0.2, 0.25) is 0 Å². The molecular weight excluding hydrogens is 248 g/mol. The normalized spacial score (nSPS) is 26.5. The Balaban J connectivity index is 0.00000120. The van der Waals surface area contributed by atoms with Crippen molar-refractivity contribution in [1.29, 1.82) is 0 Å². The van der Waals surface area contributed by atoms with E-state index in [-0.39, 0.29) is 12.4 Å². The second-order valence-corrected chi connectivity index (χ2v) is 5.44. The number of halogens is 1. The largest absolute Gasteiger partial charge is 0.411 e. The topological polar surface area (TPSA) is 35.8 Å². The van der Waals surface area contributed by atoms with E-state index >= 15 is 0 Å². The summed E-state index contributed by atoms with van der Waals surface area (Å²) in [5, 5.41) is 12.6. The second kappa shape index (κ2) is 4.90. The first-order chi connectivity index (χ1) is 8.20. The van der Waals surface area contributed by atoms with Crippen molar-refractivity contribution < 1.29 is 5.21 Å². The highest BCUT2D eigenvalue weighted by Crippen LogP contribution is 2.52. The van der Waals surface area contributed by atoms with Crippen molar-refractivity contribution in [3.05, 3.63) is 34.9 Å². The predicted molar refractivity (Wildman–Crippen MR) is 75.0 cm³/mol. The first kappa shape index (κ1) is 13.4. The van der Waals surface area contributed by atoms with Crippen molar-refractivity contribution >= 4 is 18.1 Å². The zero-order chi connectivity index (χ0) is 12.0. The van der Waals surface area contributed by atoms with E-state index in [1.165, 1.54) is 16.7 Å². The van der Waals surface area contributed by atoms with Gasteiger partial charge in [-0.2, -0.15) is 0 Å². The lowest BCUT2D eigenvalue weighted by Crippen LogP contribution is -2.17. The Morgan fingerprint density at radius 2 is 2.17 bits per heavy atom. The summed E-state index contributed by atoms with van der Waals surface area (Å²) in [7, 11) is 4.18. The summed E-state index contributed by atoms with van der Waals surface area (Å²) in [4.78, 5) is 2.19. The van der Waals surface area contributed by atoms with Gasteiger partial charge in [-0.25, -0.2) is 0 Å². The highest BCUT2D eigenvalue weighted by atomic mass is 35.5. The monoisotopic (exact) mass is 266 g/mol. The molecule has 1 aromatic rings. The third-order valence-corrected chi connectivity index (χ3v) is 4.01. The average Bonchev–Trinajstić information content (AvgIpc) is 2.86. The first-order valence-corrected chi connectivity index (χ1v) is 6.18. The van der Waals surface area contributed by atoms with Crippen LogP contribution in [0.2, 0.25) is 0 Å². The maximum Gasteiger partial charge on any atom is 0.0651 e. The van der Waals surface area contributed by atoms with Crippen LogP contribution in [0.1, 0.15) is 41.4 Å². The molecule has 1 N–H and O–H groups in total. The molecule has 2 atom stereocenters. The Labute approximate surface area is 114 Å². The maximum absolute atomic E-state index is 9.06. The molecule has 4 heteroatoms. The summed E-state index contributed by atoms with van der Waals surface area (Å²) in [6.07, 6.45) is 2.08. The molecule has 3 nitrogen and oxygen atoms in total. The zero-order valence-electron chi connectivity index (χ0n) is 10.8. The van der Waals surface area contributed by atoms with Crippen LogP contribution in [0.4, 0.5) is 0 Å². The third kappa shape index (κ3) is 1.91. The SMILES string of the molecule is CN(C)Cc1cccc2c1C1CC2CC1=NO.Cl. The molecule has 1 fully saturated rings. The fourth-order valence-electron chi connectivity index (χ4n) is 3.42. The van der Waals surface area contributed by atoms with Gasteiger partial charge in [-0.15, -0.1) is 12.4 Å². The Hall–Kier alpha value is -1.06. The molecule has 0 saturated heterocycles. The van der Waals surface area contributed by atoms with Gasteiger partial charge < -0.3 is 10.1 Å². The molecule has 2 aliphatic rings. The minimum Gasteiger partial charge on any atom is -0.411 e. The van der Waals surface area contributed by atoms with Gasteiger partial charge in [-0.05, 0) is 49.5 Å². The summed E-state index contributed by atoms with van der Waals surface area (Å²) in [6, 6.07) is 6.61. The van der Waals surface area contributed by atoms with Gasteiger partial charge in [0.1, 0.15) is 0 Å². The molecule has 18 heavy (non-hydrogen) atoms. The molecule has 2 aliphatic carbocycles. The summed E-state index contributed by atoms with van der Waals surface area (Å²) in [5.41, 5.74) is 5.29. The summed E-state index contributed by atoms with van der Waals surface area (Å²) in [5.74, 6) is 0.958. The van der Waals surface area contributed by atoms with E-state index in [9.17, 15) is 0 Å². The molecule has 98 valence electrons. The number of rotatable bonds is 2. The van der Waals surface area contributed by atoms with Crippen LogP contribution in [0, 0.1) is 0 Å². The van der Waals surface area contributed by atoms with Crippen LogP contribution in [-0.4, -0.2) is 29.9 Å². The van der Waals surface area contributed by atoms with Crippen molar-refractivity contribution in [2.75, 3.05) is 14.1 Å². The van der Waals surface area contributed by atoms with E-state index in [0.29, 0.717) is 11.8 Å². The molecule has 0 aliphatic heterocycles. The second-order valence-electron chi connectivity index (χ2n) is 5.44. The minimum atomic E-state index is 0. The summed E-state index contributed by atoms with van der Waals surface area (Å²) in [6.45, 7) is 0.963. The molecule has 0 spiro atoms. The Bertz CT molecular complexity index is 485. The molecule has 1 aromatic carbocycles. The van der Waals surface area contributed by atoms with Crippen molar-refractivity contribution in [1.82, 2.24) is 4.90 Å². The van der Waals surface area contributed by atoms with Crippen LogP contribution in [-0.2, 0) is 6.54 Å². The van der Waals surface area contributed by atoms with E-state index in [1.54, 1.807) is 0 Å². The van der Waals surface area contributed by atoms with Crippen molar-refractivity contribution in [2.24, 2.45) is 5.16 Å². The van der Waals surface area contributed by atoms with Crippen LogP contribution in [0.3, 0.4) is 0 Å². The number of fused-ring (bicyclic) bond motifs is 5. The molecule has 3 rings (SSSR count).